The van der Waals surface area contributed by atoms with Gasteiger partial charge in [0, 0.05) is 29.2 Å². The van der Waals surface area contributed by atoms with Gasteiger partial charge in [0.05, 0.1) is 13.2 Å². The van der Waals surface area contributed by atoms with E-state index >= 15 is 0 Å². The zero-order valence-corrected chi connectivity index (χ0v) is 17.7. The van der Waals surface area contributed by atoms with Crippen LogP contribution < -0.4 is 21.3 Å². The number of nitrogens with zero attached hydrogens (tertiary/aromatic N) is 1. The van der Waals surface area contributed by atoms with Gasteiger partial charge in [-0.15, -0.1) is 0 Å². The molecule has 0 saturated heterocycles. The first-order chi connectivity index (χ1) is 15.1. The molecule has 4 N–H and O–H groups in total. The number of aromatic amines is 2. The molecule has 3 heterocycles. The van der Waals surface area contributed by atoms with Crippen LogP contribution in [-0.2, 0) is 6.42 Å². The van der Waals surface area contributed by atoms with Crippen LogP contribution in [-0.4, -0.2) is 33.3 Å². The van der Waals surface area contributed by atoms with Gasteiger partial charge in [-0.2, -0.15) is 0 Å². The summed E-state index contributed by atoms with van der Waals surface area (Å²) in [6, 6.07) is 5.22. The summed E-state index contributed by atoms with van der Waals surface area (Å²) in [6.07, 6.45) is 6.74. The third kappa shape index (κ3) is 3.35. The Kier molecular flexibility index (Phi) is 5.09. The third-order valence-corrected chi connectivity index (χ3v) is 6.79. The molecule has 1 aromatic carbocycles. The van der Waals surface area contributed by atoms with Crippen molar-refractivity contribution in [2.75, 3.05) is 13.7 Å². The molecule has 2 aliphatic rings. The van der Waals surface area contributed by atoms with Crippen molar-refractivity contribution in [2.24, 2.45) is 0 Å². The summed E-state index contributed by atoms with van der Waals surface area (Å²) >= 11 is 0. The molecule has 1 aliphatic carbocycles. The molecule has 5 rings (SSSR count). The fourth-order valence-electron chi connectivity index (χ4n) is 5.25. The molecule has 2 aromatic heterocycles. The third-order valence-electron chi connectivity index (χ3n) is 6.79. The molecular formula is C23H28N4O4. The number of benzene rings is 1. The molecule has 0 radical (unpaired) electrons. The lowest BCUT2D eigenvalue weighted by Crippen LogP contribution is -2.40. The molecule has 0 bridgehead atoms. The summed E-state index contributed by atoms with van der Waals surface area (Å²) in [4.78, 5) is 31.4. The topological polar surface area (TPSA) is 112 Å². The van der Waals surface area contributed by atoms with Crippen molar-refractivity contribution in [1.82, 2.24) is 19.9 Å². The quantitative estimate of drug-likeness (QED) is 0.483. The monoisotopic (exact) mass is 424 g/mol. The van der Waals surface area contributed by atoms with Gasteiger partial charge in [0.2, 0.25) is 5.88 Å². The number of aromatic nitrogens is 3. The van der Waals surface area contributed by atoms with Crippen molar-refractivity contribution in [3.05, 3.63) is 55.9 Å². The smallest absolute Gasteiger partial charge is 0.331 e. The first kappa shape index (κ1) is 19.9. The van der Waals surface area contributed by atoms with E-state index in [1.165, 1.54) is 4.57 Å². The summed E-state index contributed by atoms with van der Waals surface area (Å²) in [6.45, 7) is 0.656. The molecule has 31 heavy (non-hydrogen) atoms. The summed E-state index contributed by atoms with van der Waals surface area (Å²) in [5.74, 6) is 0.550. The number of H-pyrrole nitrogens is 2. The van der Waals surface area contributed by atoms with Crippen molar-refractivity contribution in [2.45, 2.75) is 57.0 Å². The van der Waals surface area contributed by atoms with Gasteiger partial charge in [-0.3, -0.25) is 14.3 Å². The maximum Gasteiger partial charge on any atom is 0.331 e. The maximum absolute atomic E-state index is 12.9. The Bertz CT molecular complexity index is 1230. The normalized spacial score (nSPS) is 19.8. The van der Waals surface area contributed by atoms with Crippen molar-refractivity contribution in [1.29, 1.82) is 0 Å². The Balaban J connectivity index is 1.65. The van der Waals surface area contributed by atoms with Crippen LogP contribution in [0.3, 0.4) is 0 Å². The van der Waals surface area contributed by atoms with E-state index in [9.17, 15) is 14.7 Å². The van der Waals surface area contributed by atoms with Crippen LogP contribution in [0.25, 0.3) is 10.9 Å². The average molecular weight is 425 g/mol. The number of aromatic hydroxyl groups is 1. The Morgan fingerprint density at radius 3 is 2.61 bits per heavy atom. The second-order valence-electron chi connectivity index (χ2n) is 8.58. The molecule has 1 fully saturated rings. The van der Waals surface area contributed by atoms with Crippen LogP contribution in [0.2, 0.25) is 0 Å². The molecule has 8 heteroatoms. The highest BCUT2D eigenvalue weighted by molar-refractivity contribution is 5.86. The lowest BCUT2D eigenvalue weighted by molar-refractivity contribution is 0.329. The molecule has 0 amide bonds. The standard InChI is InChI=1S/C23H28N4O4/c1-31-14-8-9-17-16(12-14)15-10-11-24-20(19(15)25-17)18-21(28)26-23(30)27(22(18)29)13-6-4-2-3-5-7-13/h8-9,12-13,20,24-25,29H,2-7,10-11H2,1H3,(H,26,28,30). The molecule has 3 aromatic rings. The van der Waals surface area contributed by atoms with Crippen LogP contribution in [0.1, 0.15) is 67.4 Å². The van der Waals surface area contributed by atoms with Gasteiger partial charge in [-0.05, 0) is 43.0 Å². The number of rotatable bonds is 3. The van der Waals surface area contributed by atoms with Gasteiger partial charge in [0.1, 0.15) is 11.3 Å². The van der Waals surface area contributed by atoms with Crippen LogP contribution in [0.15, 0.2) is 27.8 Å². The molecule has 1 unspecified atom stereocenters. The van der Waals surface area contributed by atoms with E-state index in [0.29, 0.717) is 6.54 Å². The highest BCUT2D eigenvalue weighted by Crippen LogP contribution is 2.37. The summed E-state index contributed by atoms with van der Waals surface area (Å²) in [7, 11) is 1.64. The lowest BCUT2D eigenvalue weighted by Gasteiger charge is -2.27. The van der Waals surface area contributed by atoms with Gasteiger partial charge >= 0.3 is 5.69 Å². The SMILES string of the molecule is COc1ccc2[nH]c3c(c2c1)CCNC3c1c(O)n(C2CCCCCC2)c(=O)[nH]c1=O. The predicted molar refractivity (Wildman–Crippen MR) is 118 cm³/mol. The van der Waals surface area contributed by atoms with E-state index in [2.05, 4.69) is 15.3 Å². The molecule has 1 saturated carbocycles. The van der Waals surface area contributed by atoms with E-state index in [1.807, 2.05) is 18.2 Å². The van der Waals surface area contributed by atoms with Gasteiger partial charge in [-0.1, -0.05) is 25.7 Å². The number of methoxy groups -OCH3 is 1. The number of nitrogens with one attached hydrogen (secondary N) is 3. The number of ether oxygens (including phenoxy) is 1. The largest absolute Gasteiger partial charge is 0.497 e. The number of hydrogen-bond acceptors (Lipinski definition) is 5. The fraction of sp³-hybridized carbons (Fsp3) is 0.478. The zero-order chi connectivity index (χ0) is 21.5. The minimum absolute atomic E-state index is 0.0966. The van der Waals surface area contributed by atoms with E-state index in [1.54, 1.807) is 7.11 Å². The Morgan fingerprint density at radius 2 is 1.87 bits per heavy atom. The van der Waals surface area contributed by atoms with Crippen LogP contribution in [0, 0.1) is 0 Å². The Hall–Kier alpha value is -3.00. The van der Waals surface area contributed by atoms with E-state index < -0.39 is 17.3 Å². The highest BCUT2D eigenvalue weighted by Gasteiger charge is 2.32. The molecular weight excluding hydrogens is 396 g/mol. The van der Waals surface area contributed by atoms with Crippen molar-refractivity contribution < 1.29 is 9.84 Å². The highest BCUT2D eigenvalue weighted by atomic mass is 16.5. The number of fused-ring (bicyclic) bond motifs is 3. The van der Waals surface area contributed by atoms with E-state index in [4.69, 9.17) is 4.74 Å². The second kappa shape index (κ2) is 7.92. The first-order valence-corrected chi connectivity index (χ1v) is 11.1. The van der Waals surface area contributed by atoms with Crippen molar-refractivity contribution in [3.63, 3.8) is 0 Å². The minimum atomic E-state index is -0.547. The molecule has 1 aliphatic heterocycles. The van der Waals surface area contributed by atoms with Crippen LogP contribution >= 0.6 is 0 Å². The molecule has 8 nitrogen and oxygen atoms in total. The van der Waals surface area contributed by atoms with Crippen LogP contribution in [0.5, 0.6) is 11.6 Å². The summed E-state index contributed by atoms with van der Waals surface area (Å²) in [5.41, 5.74) is 2.02. The van der Waals surface area contributed by atoms with Gasteiger partial charge in [0.15, 0.2) is 0 Å². The minimum Gasteiger partial charge on any atom is -0.497 e. The first-order valence-electron chi connectivity index (χ1n) is 11.1. The maximum atomic E-state index is 12.9. The number of hydrogen-bond donors (Lipinski definition) is 4. The second-order valence-corrected chi connectivity index (χ2v) is 8.58. The summed E-state index contributed by atoms with van der Waals surface area (Å²) in [5, 5.41) is 15.6. The van der Waals surface area contributed by atoms with Crippen molar-refractivity contribution >= 4 is 10.9 Å². The van der Waals surface area contributed by atoms with Gasteiger partial charge in [-0.25, -0.2) is 4.79 Å². The average Bonchev–Trinajstić information content (AvgIpc) is 2.92. The van der Waals surface area contributed by atoms with E-state index in [-0.39, 0.29) is 17.5 Å². The Labute approximate surface area is 179 Å². The fourth-order valence-corrected chi connectivity index (χ4v) is 5.25. The van der Waals surface area contributed by atoms with E-state index in [0.717, 1.165) is 72.9 Å². The Morgan fingerprint density at radius 1 is 1.10 bits per heavy atom. The molecule has 164 valence electrons. The van der Waals surface area contributed by atoms with Crippen LogP contribution in [0.4, 0.5) is 0 Å². The zero-order valence-electron chi connectivity index (χ0n) is 17.7. The molecule has 0 spiro atoms. The summed E-state index contributed by atoms with van der Waals surface area (Å²) < 4.78 is 6.78. The molecule has 1 atom stereocenters. The predicted octanol–water partition coefficient (Wildman–Crippen LogP) is 2.86. The van der Waals surface area contributed by atoms with Crippen molar-refractivity contribution in [3.8, 4) is 11.6 Å². The van der Waals surface area contributed by atoms with Gasteiger partial charge < -0.3 is 20.1 Å². The van der Waals surface area contributed by atoms with Gasteiger partial charge in [0.25, 0.3) is 5.56 Å². The lowest BCUT2D eigenvalue weighted by atomic mass is 9.95.